The molecule has 1 aliphatic rings. The Morgan fingerprint density at radius 2 is 2.47 bits per heavy atom. The van der Waals surface area contributed by atoms with Gasteiger partial charge in [0.25, 0.3) is 0 Å². The molecular weight excluding hydrogens is 228 g/mol. The molecule has 1 aliphatic heterocycles. The molecular formula is C10H20N2OS2. The van der Waals surface area contributed by atoms with Crippen molar-refractivity contribution in [2.45, 2.75) is 25.8 Å². The van der Waals surface area contributed by atoms with Crippen molar-refractivity contribution in [1.29, 1.82) is 0 Å². The van der Waals surface area contributed by atoms with Crippen LogP contribution in [0.4, 0.5) is 4.79 Å². The van der Waals surface area contributed by atoms with E-state index in [1.807, 2.05) is 23.5 Å². The van der Waals surface area contributed by atoms with Crippen LogP contribution in [0.3, 0.4) is 0 Å². The molecule has 1 heterocycles. The fourth-order valence-corrected chi connectivity index (χ4v) is 3.19. The zero-order valence-corrected chi connectivity index (χ0v) is 10.9. The van der Waals surface area contributed by atoms with Gasteiger partial charge in [-0.2, -0.15) is 23.5 Å². The standard InChI is InChI=1S/C10H20N2OS2/c1-2-14-6-3-5-11-10(13)12-9-4-7-15-8-9/h9H,2-8H2,1H3,(H2,11,12,13). The molecule has 2 N–H and O–H groups in total. The highest BCUT2D eigenvalue weighted by Gasteiger charge is 2.16. The summed E-state index contributed by atoms with van der Waals surface area (Å²) in [6.07, 6.45) is 2.18. The summed E-state index contributed by atoms with van der Waals surface area (Å²) < 4.78 is 0. The van der Waals surface area contributed by atoms with Gasteiger partial charge in [-0.1, -0.05) is 6.92 Å². The highest BCUT2D eigenvalue weighted by Crippen LogP contribution is 2.16. The summed E-state index contributed by atoms with van der Waals surface area (Å²) in [4.78, 5) is 11.4. The molecule has 3 nitrogen and oxygen atoms in total. The third kappa shape index (κ3) is 6.20. The summed E-state index contributed by atoms with van der Waals surface area (Å²) in [7, 11) is 0. The Labute approximate surface area is 101 Å². The number of carbonyl (C=O) groups excluding carboxylic acids is 1. The van der Waals surface area contributed by atoms with Gasteiger partial charge >= 0.3 is 6.03 Å². The van der Waals surface area contributed by atoms with Gasteiger partial charge in [-0.15, -0.1) is 0 Å². The molecule has 1 saturated heterocycles. The third-order valence-corrected chi connectivity index (χ3v) is 4.37. The minimum absolute atomic E-state index is 0.00370. The summed E-state index contributed by atoms with van der Waals surface area (Å²) in [5.74, 6) is 4.54. The van der Waals surface area contributed by atoms with Crippen LogP contribution in [-0.2, 0) is 0 Å². The Morgan fingerprint density at radius 3 is 3.13 bits per heavy atom. The molecule has 88 valence electrons. The molecule has 2 amide bonds. The van der Waals surface area contributed by atoms with E-state index in [4.69, 9.17) is 0 Å². The lowest BCUT2D eigenvalue weighted by Crippen LogP contribution is -2.42. The predicted molar refractivity (Wildman–Crippen MR) is 69.9 cm³/mol. The van der Waals surface area contributed by atoms with Crippen molar-refractivity contribution >= 4 is 29.6 Å². The van der Waals surface area contributed by atoms with Crippen molar-refractivity contribution in [3.05, 3.63) is 0 Å². The van der Waals surface area contributed by atoms with E-state index < -0.39 is 0 Å². The molecule has 0 aromatic carbocycles. The number of rotatable bonds is 6. The molecule has 1 unspecified atom stereocenters. The monoisotopic (exact) mass is 248 g/mol. The fraction of sp³-hybridized carbons (Fsp3) is 0.900. The first-order chi connectivity index (χ1) is 7.33. The molecule has 15 heavy (non-hydrogen) atoms. The van der Waals surface area contributed by atoms with E-state index in [2.05, 4.69) is 17.6 Å². The molecule has 1 atom stereocenters. The topological polar surface area (TPSA) is 41.1 Å². The van der Waals surface area contributed by atoms with Gasteiger partial charge in [0.05, 0.1) is 0 Å². The van der Waals surface area contributed by atoms with Crippen LogP contribution in [0, 0.1) is 0 Å². The van der Waals surface area contributed by atoms with E-state index in [0.29, 0.717) is 6.04 Å². The van der Waals surface area contributed by atoms with Crippen LogP contribution in [0.1, 0.15) is 19.8 Å². The molecule has 0 saturated carbocycles. The number of carbonyl (C=O) groups is 1. The maximum Gasteiger partial charge on any atom is 0.315 e. The van der Waals surface area contributed by atoms with Gasteiger partial charge in [-0.25, -0.2) is 4.79 Å². The minimum atomic E-state index is 0.00370. The maximum absolute atomic E-state index is 11.4. The van der Waals surface area contributed by atoms with Crippen molar-refractivity contribution in [3.63, 3.8) is 0 Å². The minimum Gasteiger partial charge on any atom is -0.338 e. The zero-order valence-electron chi connectivity index (χ0n) is 9.25. The first-order valence-corrected chi connectivity index (χ1v) is 7.83. The molecule has 0 aromatic rings. The molecule has 5 heteroatoms. The van der Waals surface area contributed by atoms with Gasteiger partial charge < -0.3 is 10.6 Å². The lowest BCUT2D eigenvalue weighted by molar-refractivity contribution is 0.238. The average molecular weight is 248 g/mol. The van der Waals surface area contributed by atoms with E-state index >= 15 is 0 Å². The van der Waals surface area contributed by atoms with Crippen LogP contribution in [0.25, 0.3) is 0 Å². The third-order valence-electron chi connectivity index (χ3n) is 2.22. The van der Waals surface area contributed by atoms with E-state index in [1.165, 1.54) is 5.75 Å². The molecule has 1 rings (SSSR count). The second-order valence-corrected chi connectivity index (χ2v) is 6.05. The summed E-state index contributed by atoms with van der Waals surface area (Å²) >= 11 is 3.83. The zero-order chi connectivity index (χ0) is 10.9. The summed E-state index contributed by atoms with van der Waals surface area (Å²) in [6.45, 7) is 2.95. The van der Waals surface area contributed by atoms with Crippen LogP contribution in [0.2, 0.25) is 0 Å². The number of nitrogens with one attached hydrogen (secondary N) is 2. The Morgan fingerprint density at radius 1 is 1.60 bits per heavy atom. The highest BCUT2D eigenvalue weighted by molar-refractivity contribution is 7.99. The average Bonchev–Trinajstić information content (AvgIpc) is 2.70. The normalized spacial score (nSPS) is 20.2. The van der Waals surface area contributed by atoms with Gasteiger partial charge in [0, 0.05) is 18.3 Å². The number of hydrogen-bond donors (Lipinski definition) is 2. The molecule has 0 radical (unpaired) electrons. The SMILES string of the molecule is CCSCCCNC(=O)NC1CCSC1. The van der Waals surface area contributed by atoms with E-state index in [1.54, 1.807) is 0 Å². The fourth-order valence-electron chi connectivity index (χ4n) is 1.41. The maximum atomic E-state index is 11.4. The largest absolute Gasteiger partial charge is 0.338 e. The highest BCUT2D eigenvalue weighted by atomic mass is 32.2. The second-order valence-electron chi connectivity index (χ2n) is 3.51. The number of amides is 2. The smallest absolute Gasteiger partial charge is 0.315 e. The second kappa shape index (κ2) is 8.16. The van der Waals surface area contributed by atoms with E-state index in [0.717, 1.165) is 36.6 Å². The Bertz CT molecular complexity index is 184. The predicted octanol–water partition coefficient (Wildman–Crippen LogP) is 1.93. The van der Waals surface area contributed by atoms with Crippen LogP contribution >= 0.6 is 23.5 Å². The van der Waals surface area contributed by atoms with Crippen LogP contribution in [0.15, 0.2) is 0 Å². The van der Waals surface area contributed by atoms with Gasteiger partial charge in [-0.05, 0) is 30.1 Å². The van der Waals surface area contributed by atoms with Gasteiger partial charge in [0.1, 0.15) is 0 Å². The van der Waals surface area contributed by atoms with Crippen molar-refractivity contribution in [2.75, 3.05) is 29.6 Å². The van der Waals surface area contributed by atoms with E-state index in [9.17, 15) is 4.79 Å². The molecule has 1 fully saturated rings. The molecule has 0 spiro atoms. The molecule has 0 bridgehead atoms. The summed E-state index contributed by atoms with van der Waals surface area (Å²) in [5, 5.41) is 5.89. The van der Waals surface area contributed by atoms with Crippen LogP contribution < -0.4 is 10.6 Å². The Kier molecular flexibility index (Phi) is 7.09. The summed E-state index contributed by atoms with van der Waals surface area (Å²) in [6, 6.07) is 0.393. The Balaban J connectivity index is 1.93. The number of urea groups is 1. The van der Waals surface area contributed by atoms with E-state index in [-0.39, 0.29) is 6.03 Å². The first kappa shape index (κ1) is 13.0. The lowest BCUT2D eigenvalue weighted by atomic mass is 10.3. The van der Waals surface area contributed by atoms with Gasteiger partial charge in [0.15, 0.2) is 0 Å². The summed E-state index contributed by atoms with van der Waals surface area (Å²) in [5.41, 5.74) is 0. The first-order valence-electron chi connectivity index (χ1n) is 5.52. The number of thioether (sulfide) groups is 2. The van der Waals surface area contributed by atoms with Crippen molar-refractivity contribution in [3.8, 4) is 0 Å². The van der Waals surface area contributed by atoms with Gasteiger partial charge in [-0.3, -0.25) is 0 Å². The molecule has 0 aliphatic carbocycles. The Hall–Kier alpha value is -0.0300. The van der Waals surface area contributed by atoms with Gasteiger partial charge in [0.2, 0.25) is 0 Å². The van der Waals surface area contributed by atoms with Crippen LogP contribution in [-0.4, -0.2) is 41.6 Å². The van der Waals surface area contributed by atoms with Crippen LogP contribution in [0.5, 0.6) is 0 Å². The quantitative estimate of drug-likeness (QED) is 0.706. The van der Waals surface area contributed by atoms with Crippen molar-refractivity contribution < 1.29 is 4.79 Å². The number of hydrogen-bond acceptors (Lipinski definition) is 3. The van der Waals surface area contributed by atoms with Crippen molar-refractivity contribution in [1.82, 2.24) is 10.6 Å². The lowest BCUT2D eigenvalue weighted by Gasteiger charge is -2.12. The molecule has 0 aromatic heterocycles. The van der Waals surface area contributed by atoms with Crippen molar-refractivity contribution in [2.24, 2.45) is 0 Å².